The Morgan fingerprint density at radius 3 is 1.96 bits per heavy atom. The first kappa shape index (κ1) is 15.4. The first-order valence-corrected chi connectivity index (χ1v) is 8.24. The summed E-state index contributed by atoms with van der Waals surface area (Å²) in [5.41, 5.74) is 3.40. The Morgan fingerprint density at radius 2 is 1.40 bits per heavy atom. The second kappa shape index (κ2) is 6.06. The molecule has 0 spiro atoms. The second-order valence-corrected chi connectivity index (χ2v) is 6.26. The summed E-state index contributed by atoms with van der Waals surface area (Å²) >= 11 is 0. The molecule has 4 heteroatoms. The molecule has 124 valence electrons. The number of nitrogens with zero attached hydrogens (tertiary/aromatic N) is 1. The summed E-state index contributed by atoms with van der Waals surface area (Å²) in [7, 11) is 0. The molecule has 2 aromatic carbocycles. The lowest BCUT2D eigenvalue weighted by Gasteiger charge is -2.28. The van der Waals surface area contributed by atoms with Gasteiger partial charge in [0.25, 0.3) is 0 Å². The van der Waals surface area contributed by atoms with Crippen LogP contribution in [0, 0.1) is 0 Å². The molecule has 2 N–H and O–H groups in total. The average Bonchev–Trinajstić information content (AvgIpc) is 2.62. The Morgan fingerprint density at radius 1 is 0.840 bits per heavy atom. The largest absolute Gasteiger partial charge is 0.507 e. The monoisotopic (exact) mass is 331 g/mol. The van der Waals surface area contributed by atoms with Crippen molar-refractivity contribution in [1.29, 1.82) is 0 Å². The molecule has 4 nitrogen and oxygen atoms in total. The van der Waals surface area contributed by atoms with Gasteiger partial charge in [0.05, 0.1) is 11.1 Å². The molecule has 25 heavy (non-hydrogen) atoms. The fourth-order valence-electron chi connectivity index (χ4n) is 3.65. The van der Waals surface area contributed by atoms with Gasteiger partial charge in [0, 0.05) is 18.3 Å². The number of aromatic hydroxyl groups is 2. The lowest BCUT2D eigenvalue weighted by molar-refractivity contribution is 0.102. The molecule has 0 aliphatic heterocycles. The van der Waals surface area contributed by atoms with Crippen LogP contribution in [-0.4, -0.2) is 21.0 Å². The summed E-state index contributed by atoms with van der Waals surface area (Å²) < 4.78 is 0. The fourth-order valence-corrected chi connectivity index (χ4v) is 3.65. The predicted molar refractivity (Wildman–Crippen MR) is 94.0 cm³/mol. The number of phenols is 2. The van der Waals surface area contributed by atoms with Gasteiger partial charge < -0.3 is 10.2 Å². The predicted octanol–water partition coefficient (Wildman–Crippen LogP) is 3.80. The molecule has 4 rings (SSSR count). The van der Waals surface area contributed by atoms with Crippen LogP contribution < -0.4 is 0 Å². The van der Waals surface area contributed by atoms with E-state index in [0.29, 0.717) is 11.1 Å². The van der Waals surface area contributed by atoms with Crippen LogP contribution in [0.2, 0.25) is 0 Å². The van der Waals surface area contributed by atoms with E-state index in [0.717, 1.165) is 29.5 Å². The molecular formula is C21H17NO3. The average molecular weight is 331 g/mol. The van der Waals surface area contributed by atoms with Crippen LogP contribution in [0.3, 0.4) is 0 Å². The van der Waals surface area contributed by atoms with Crippen molar-refractivity contribution in [3.8, 4) is 11.5 Å². The molecule has 0 saturated carbocycles. The number of ketones is 1. The van der Waals surface area contributed by atoms with Crippen LogP contribution >= 0.6 is 0 Å². The molecule has 0 fully saturated rings. The SMILES string of the molecule is O=C1c2c(O)cccc2C(CCc2ccncc2)c2cccc(O)c21. The minimum absolute atomic E-state index is 0.0367. The number of hydrogen-bond acceptors (Lipinski definition) is 4. The number of carbonyl (C=O) groups is 1. The highest BCUT2D eigenvalue weighted by Crippen LogP contribution is 2.44. The lowest BCUT2D eigenvalue weighted by atomic mass is 9.74. The normalized spacial score (nSPS) is 13.4. The van der Waals surface area contributed by atoms with Crippen molar-refractivity contribution in [2.45, 2.75) is 18.8 Å². The number of phenolic OH excluding ortho intramolecular Hbond substituents is 2. The number of aromatic nitrogens is 1. The van der Waals surface area contributed by atoms with Crippen molar-refractivity contribution >= 4 is 5.78 Å². The summed E-state index contributed by atoms with van der Waals surface area (Å²) in [6.45, 7) is 0. The van der Waals surface area contributed by atoms with Crippen LogP contribution in [0.4, 0.5) is 0 Å². The zero-order valence-electron chi connectivity index (χ0n) is 13.5. The van der Waals surface area contributed by atoms with Crippen molar-refractivity contribution in [2.24, 2.45) is 0 Å². The minimum Gasteiger partial charge on any atom is -0.507 e. The van der Waals surface area contributed by atoms with E-state index in [1.807, 2.05) is 24.3 Å². The molecule has 0 atom stereocenters. The Bertz CT molecular complexity index is 895. The Balaban J connectivity index is 1.81. The molecule has 0 amide bonds. The van der Waals surface area contributed by atoms with Crippen LogP contribution in [0.15, 0.2) is 60.9 Å². The topological polar surface area (TPSA) is 70.4 Å². The van der Waals surface area contributed by atoms with Crippen molar-refractivity contribution in [2.75, 3.05) is 0 Å². The summed E-state index contributed by atoms with van der Waals surface area (Å²) in [6, 6.07) is 14.3. The van der Waals surface area contributed by atoms with E-state index in [9.17, 15) is 15.0 Å². The third kappa shape index (κ3) is 2.56. The number of hydrogen-bond donors (Lipinski definition) is 2. The first-order valence-electron chi connectivity index (χ1n) is 8.24. The molecule has 1 aliphatic rings. The van der Waals surface area contributed by atoms with Gasteiger partial charge in [-0.2, -0.15) is 0 Å². The minimum atomic E-state index is -0.318. The van der Waals surface area contributed by atoms with Gasteiger partial charge in [-0.25, -0.2) is 0 Å². The third-order valence-electron chi connectivity index (χ3n) is 4.83. The number of pyridine rings is 1. The van der Waals surface area contributed by atoms with Gasteiger partial charge in [0.1, 0.15) is 11.5 Å². The van der Waals surface area contributed by atoms with Gasteiger partial charge in [-0.05, 0) is 53.8 Å². The summed E-state index contributed by atoms with van der Waals surface area (Å²) in [5, 5.41) is 20.5. The van der Waals surface area contributed by atoms with Crippen LogP contribution in [0.5, 0.6) is 11.5 Å². The Labute approximate surface area is 145 Å². The van der Waals surface area contributed by atoms with Crippen molar-refractivity contribution in [3.63, 3.8) is 0 Å². The number of fused-ring (bicyclic) bond motifs is 2. The highest BCUT2D eigenvalue weighted by atomic mass is 16.3. The van der Waals surface area contributed by atoms with E-state index >= 15 is 0 Å². The molecule has 1 aliphatic carbocycles. The summed E-state index contributed by atoms with van der Waals surface area (Å²) in [4.78, 5) is 16.9. The van der Waals surface area contributed by atoms with E-state index in [4.69, 9.17) is 0 Å². The molecule has 0 bridgehead atoms. The molecular weight excluding hydrogens is 314 g/mol. The zero-order chi connectivity index (χ0) is 17.4. The number of rotatable bonds is 3. The number of benzene rings is 2. The van der Waals surface area contributed by atoms with E-state index in [2.05, 4.69) is 4.98 Å². The van der Waals surface area contributed by atoms with Crippen molar-refractivity contribution < 1.29 is 15.0 Å². The molecule has 0 radical (unpaired) electrons. The maximum Gasteiger partial charge on any atom is 0.201 e. The maximum absolute atomic E-state index is 12.8. The standard InChI is InChI=1S/C21H17NO3/c23-17-5-1-3-15-14(8-7-13-9-11-22-12-10-13)16-4-2-6-18(24)20(16)21(25)19(15)17/h1-6,9-12,14,23-24H,7-8H2. The van der Waals surface area contributed by atoms with E-state index < -0.39 is 0 Å². The van der Waals surface area contributed by atoms with Crippen LogP contribution in [0.1, 0.15) is 45.0 Å². The number of aryl methyl sites for hydroxylation is 1. The van der Waals surface area contributed by atoms with E-state index in [1.54, 1.807) is 24.5 Å². The smallest absolute Gasteiger partial charge is 0.201 e. The molecule has 3 aromatic rings. The van der Waals surface area contributed by atoms with E-state index in [-0.39, 0.29) is 23.2 Å². The molecule has 1 heterocycles. The molecule has 0 saturated heterocycles. The highest BCUT2D eigenvalue weighted by molar-refractivity contribution is 6.15. The van der Waals surface area contributed by atoms with Gasteiger partial charge in [0.15, 0.2) is 0 Å². The van der Waals surface area contributed by atoms with Crippen LogP contribution in [0.25, 0.3) is 0 Å². The lowest BCUT2D eigenvalue weighted by Crippen LogP contribution is -2.20. The van der Waals surface area contributed by atoms with Crippen molar-refractivity contribution in [3.05, 3.63) is 88.7 Å². The highest BCUT2D eigenvalue weighted by Gasteiger charge is 2.34. The summed E-state index contributed by atoms with van der Waals surface area (Å²) in [5.74, 6) is -0.452. The second-order valence-electron chi connectivity index (χ2n) is 6.26. The Hall–Kier alpha value is -3.14. The maximum atomic E-state index is 12.8. The fraction of sp³-hybridized carbons (Fsp3) is 0.143. The van der Waals surface area contributed by atoms with Gasteiger partial charge in [-0.1, -0.05) is 24.3 Å². The molecule has 1 aromatic heterocycles. The van der Waals surface area contributed by atoms with Gasteiger partial charge in [-0.15, -0.1) is 0 Å². The first-order chi connectivity index (χ1) is 12.2. The third-order valence-corrected chi connectivity index (χ3v) is 4.83. The Kier molecular flexibility index (Phi) is 3.73. The number of carbonyl (C=O) groups excluding carboxylic acids is 1. The van der Waals surface area contributed by atoms with Crippen LogP contribution in [-0.2, 0) is 6.42 Å². The summed E-state index contributed by atoms with van der Waals surface area (Å²) in [6.07, 6.45) is 5.11. The van der Waals surface area contributed by atoms with E-state index in [1.165, 1.54) is 12.1 Å². The van der Waals surface area contributed by atoms with Crippen molar-refractivity contribution in [1.82, 2.24) is 4.98 Å². The quantitative estimate of drug-likeness (QED) is 0.766. The van der Waals surface area contributed by atoms with Gasteiger partial charge in [-0.3, -0.25) is 9.78 Å². The zero-order valence-corrected chi connectivity index (χ0v) is 13.5. The van der Waals surface area contributed by atoms with Gasteiger partial charge >= 0.3 is 0 Å². The molecule has 0 unspecified atom stereocenters. The van der Waals surface area contributed by atoms with Gasteiger partial charge in [0.2, 0.25) is 5.78 Å².